The zero-order chi connectivity index (χ0) is 32.1. The van der Waals surface area contributed by atoms with Crippen LogP contribution in [0.2, 0.25) is 0 Å². The summed E-state index contributed by atoms with van der Waals surface area (Å²) < 4.78 is 12.5. The Kier molecular flexibility index (Phi) is 10.3. The number of nitrogens with one attached hydrogen (secondary N) is 3. The highest BCUT2D eigenvalue weighted by Gasteiger charge is 2.49. The number of carbonyl (C=O) groups is 3. The first-order chi connectivity index (χ1) is 21.6. The quantitative estimate of drug-likeness (QED) is 0.161. The van der Waals surface area contributed by atoms with Crippen molar-refractivity contribution < 1.29 is 44.3 Å². The molecule has 2 aromatic rings. The highest BCUT2D eigenvalue weighted by molar-refractivity contribution is 5.89. The molecule has 3 fully saturated rings. The number of aliphatic hydroxyl groups is 4. The van der Waals surface area contributed by atoms with Crippen LogP contribution in [0.1, 0.15) is 30.5 Å². The first-order valence-electron chi connectivity index (χ1n) is 15.0. The molecule has 0 aliphatic carbocycles. The number of likely N-dealkylation sites (tertiary alicyclic amines) is 1. The van der Waals surface area contributed by atoms with Gasteiger partial charge in [-0.25, -0.2) is 4.68 Å². The summed E-state index contributed by atoms with van der Waals surface area (Å²) in [6, 6.07) is 6.62. The molecule has 246 valence electrons. The van der Waals surface area contributed by atoms with Crippen molar-refractivity contribution in [3.05, 3.63) is 41.7 Å². The molecule has 45 heavy (non-hydrogen) atoms. The average molecular weight is 632 g/mol. The number of fused-ring (bicyclic) bond motifs is 2. The summed E-state index contributed by atoms with van der Waals surface area (Å²) >= 11 is 0. The van der Waals surface area contributed by atoms with Crippen molar-refractivity contribution in [1.82, 2.24) is 35.8 Å². The van der Waals surface area contributed by atoms with Crippen molar-refractivity contribution in [2.45, 2.75) is 80.9 Å². The Hall–Kier alpha value is -3.67. The zero-order valence-electron chi connectivity index (χ0n) is 25.0. The van der Waals surface area contributed by atoms with Gasteiger partial charge in [-0.1, -0.05) is 17.3 Å². The predicted molar refractivity (Wildman–Crippen MR) is 155 cm³/mol. The van der Waals surface area contributed by atoms with E-state index in [9.17, 15) is 34.8 Å². The monoisotopic (exact) mass is 631 g/mol. The van der Waals surface area contributed by atoms with Crippen LogP contribution in [0.15, 0.2) is 30.5 Å². The lowest BCUT2D eigenvalue weighted by Crippen LogP contribution is -2.66. The van der Waals surface area contributed by atoms with E-state index < -0.39 is 59.8 Å². The van der Waals surface area contributed by atoms with Gasteiger partial charge in [-0.15, -0.1) is 5.10 Å². The fourth-order valence-corrected chi connectivity index (χ4v) is 6.12. The average Bonchev–Trinajstić information content (AvgIpc) is 3.46. The zero-order valence-corrected chi connectivity index (χ0v) is 25.0. The van der Waals surface area contributed by atoms with Gasteiger partial charge in [0.1, 0.15) is 36.2 Å². The van der Waals surface area contributed by atoms with Gasteiger partial charge in [-0.2, -0.15) is 0 Å². The Labute approximate surface area is 259 Å². The van der Waals surface area contributed by atoms with E-state index in [1.807, 2.05) is 24.3 Å². The molecular weight excluding hydrogens is 590 g/mol. The van der Waals surface area contributed by atoms with E-state index in [4.69, 9.17) is 9.47 Å². The van der Waals surface area contributed by atoms with Crippen LogP contribution in [-0.4, -0.2) is 133 Å². The fourth-order valence-electron chi connectivity index (χ4n) is 6.12. The summed E-state index contributed by atoms with van der Waals surface area (Å²) in [7, 11) is 1.60. The number of aliphatic hydroxyl groups excluding tert-OH is 4. The second kappa shape index (κ2) is 14.2. The fraction of sp³-hybridized carbons (Fsp3) is 0.621. The second-order valence-electron chi connectivity index (χ2n) is 11.9. The summed E-state index contributed by atoms with van der Waals surface area (Å²) in [6.45, 7) is 1.44. The number of ether oxygens (including phenoxy) is 2. The van der Waals surface area contributed by atoms with Gasteiger partial charge in [0.25, 0.3) is 5.91 Å². The Morgan fingerprint density at radius 2 is 1.87 bits per heavy atom. The standard InChI is InChI=1S/C29H41N7O9/c1-44-19-4-2-3-17(11-19)15-35-7-5-29(6-8-35)13-22(38)31-20(12-18-16-36(9-10-37)34-33-18)27(42)30-14-21-23(39)24(40)25(41)26(45-21)28(43)32-29/h2-4,11,16,20-21,23-26,37,39-41H,5-10,12-15H2,1H3,(H,30,42)(H,31,38)(H,32,43)/t20-,21+,23+,24-,25-,26+/m1/s1. The van der Waals surface area contributed by atoms with Crippen molar-refractivity contribution in [3.8, 4) is 5.75 Å². The minimum absolute atomic E-state index is 0.0191. The molecule has 0 unspecified atom stereocenters. The van der Waals surface area contributed by atoms with E-state index in [2.05, 4.69) is 31.2 Å². The molecule has 16 heteroatoms. The molecule has 2 bridgehead atoms. The van der Waals surface area contributed by atoms with Crippen LogP contribution in [0.3, 0.4) is 0 Å². The molecule has 3 aliphatic heterocycles. The lowest BCUT2D eigenvalue weighted by Gasteiger charge is -2.44. The highest BCUT2D eigenvalue weighted by atomic mass is 16.5. The van der Waals surface area contributed by atoms with Crippen LogP contribution in [0.5, 0.6) is 5.75 Å². The van der Waals surface area contributed by atoms with Crippen molar-refractivity contribution in [3.63, 3.8) is 0 Å². The number of benzene rings is 1. The molecule has 7 N–H and O–H groups in total. The van der Waals surface area contributed by atoms with E-state index in [1.54, 1.807) is 13.3 Å². The lowest BCUT2D eigenvalue weighted by atomic mass is 9.83. The van der Waals surface area contributed by atoms with Crippen LogP contribution < -0.4 is 20.7 Å². The molecule has 3 saturated heterocycles. The number of carbonyl (C=O) groups excluding carboxylic acids is 3. The number of hydrogen-bond donors (Lipinski definition) is 7. The maximum Gasteiger partial charge on any atom is 0.252 e. The third kappa shape index (κ3) is 7.77. The van der Waals surface area contributed by atoms with Gasteiger partial charge in [-0.05, 0) is 30.5 Å². The molecular formula is C29H41N7O9. The third-order valence-electron chi connectivity index (χ3n) is 8.67. The first kappa shape index (κ1) is 32.7. The minimum atomic E-state index is -1.73. The number of amides is 3. The lowest BCUT2D eigenvalue weighted by molar-refractivity contribution is -0.220. The van der Waals surface area contributed by atoms with Crippen LogP contribution in [0, 0.1) is 0 Å². The predicted octanol–water partition coefficient (Wildman–Crippen LogP) is -3.17. The topological polar surface area (TPSA) is 221 Å². The van der Waals surface area contributed by atoms with Crippen LogP contribution >= 0.6 is 0 Å². The molecule has 16 nitrogen and oxygen atoms in total. The molecule has 1 spiro atoms. The maximum atomic E-state index is 13.6. The van der Waals surface area contributed by atoms with Crippen molar-refractivity contribution in [2.24, 2.45) is 0 Å². The third-order valence-corrected chi connectivity index (χ3v) is 8.67. The molecule has 1 aromatic heterocycles. The summed E-state index contributed by atoms with van der Waals surface area (Å²) in [6.07, 6.45) is -5.66. The van der Waals surface area contributed by atoms with Crippen molar-refractivity contribution in [2.75, 3.05) is 33.4 Å². The molecule has 3 amide bonds. The number of aromatic nitrogens is 3. The Morgan fingerprint density at radius 1 is 1.09 bits per heavy atom. The summed E-state index contributed by atoms with van der Waals surface area (Å²) in [5, 5.41) is 57.3. The summed E-state index contributed by atoms with van der Waals surface area (Å²) in [5.74, 6) is -1.07. The smallest absolute Gasteiger partial charge is 0.252 e. The molecule has 5 rings (SSSR count). The van der Waals surface area contributed by atoms with Crippen LogP contribution in [0.4, 0.5) is 0 Å². The highest BCUT2D eigenvalue weighted by Crippen LogP contribution is 2.30. The van der Waals surface area contributed by atoms with Crippen molar-refractivity contribution >= 4 is 17.7 Å². The number of methoxy groups -OCH3 is 1. The number of rotatable bonds is 7. The van der Waals surface area contributed by atoms with Gasteiger partial charge in [0.05, 0.1) is 31.5 Å². The van der Waals surface area contributed by atoms with Gasteiger partial charge in [0.2, 0.25) is 11.8 Å². The first-order valence-corrected chi connectivity index (χ1v) is 15.0. The van der Waals surface area contributed by atoms with E-state index in [-0.39, 0.29) is 32.5 Å². The maximum absolute atomic E-state index is 13.6. The Bertz CT molecular complexity index is 1350. The van der Waals surface area contributed by atoms with E-state index >= 15 is 0 Å². The molecule has 3 aliphatic rings. The van der Waals surface area contributed by atoms with Gasteiger partial charge >= 0.3 is 0 Å². The molecule has 0 saturated carbocycles. The SMILES string of the molecule is COc1cccc(CN2CCC3(CC2)CC(=O)N[C@H](Cc2cn(CCO)nn2)C(=O)NC[C@@H]2O[C@H](C(=O)N3)[C@H](O)[C@H](O)[C@H]2O)c1. The van der Waals surface area contributed by atoms with E-state index in [0.29, 0.717) is 38.2 Å². The molecule has 4 heterocycles. The van der Waals surface area contributed by atoms with Crippen LogP contribution in [0.25, 0.3) is 0 Å². The Balaban J connectivity index is 1.38. The molecule has 6 atom stereocenters. The number of nitrogens with zero attached hydrogens (tertiary/aromatic N) is 4. The molecule has 1 aromatic carbocycles. The van der Waals surface area contributed by atoms with Gasteiger partial charge in [0, 0.05) is 45.2 Å². The summed E-state index contributed by atoms with van der Waals surface area (Å²) in [5.41, 5.74) is 0.393. The normalized spacial score (nSPS) is 29.5. The van der Waals surface area contributed by atoms with Gasteiger partial charge in [0.15, 0.2) is 6.10 Å². The number of hydrogen-bond acceptors (Lipinski definition) is 12. The Morgan fingerprint density at radius 3 is 2.60 bits per heavy atom. The summed E-state index contributed by atoms with van der Waals surface area (Å²) in [4.78, 5) is 42.7. The van der Waals surface area contributed by atoms with Crippen LogP contribution in [-0.2, 0) is 38.6 Å². The second-order valence-corrected chi connectivity index (χ2v) is 11.9. The van der Waals surface area contributed by atoms with Crippen molar-refractivity contribution in [1.29, 1.82) is 0 Å². The van der Waals surface area contributed by atoms with Gasteiger partial charge < -0.3 is 45.9 Å². The van der Waals surface area contributed by atoms with Gasteiger partial charge in [-0.3, -0.25) is 19.3 Å². The largest absolute Gasteiger partial charge is 0.497 e. The number of piperidine rings is 1. The van der Waals surface area contributed by atoms with E-state index in [0.717, 1.165) is 11.3 Å². The molecule has 0 radical (unpaired) electrons. The minimum Gasteiger partial charge on any atom is -0.497 e. The van der Waals surface area contributed by atoms with E-state index in [1.165, 1.54) is 4.68 Å².